The Bertz CT molecular complexity index is 660. The molecule has 0 heterocycles. The molecular weight excluding hydrogens is 336 g/mol. The van der Waals surface area contributed by atoms with E-state index < -0.39 is 16.1 Å². The second-order valence-corrected chi connectivity index (χ2v) is 18.1. The first kappa shape index (κ1) is 19.9. The lowest BCUT2D eigenvalue weighted by Gasteiger charge is -2.39. The van der Waals surface area contributed by atoms with Crippen LogP contribution in [0.1, 0.15) is 20.8 Å². The molecule has 0 aromatic heterocycles. The van der Waals surface area contributed by atoms with Gasteiger partial charge in [0.2, 0.25) is 0 Å². The van der Waals surface area contributed by atoms with Gasteiger partial charge in [-0.2, -0.15) is 0 Å². The fourth-order valence-electron chi connectivity index (χ4n) is 2.90. The van der Waals surface area contributed by atoms with E-state index in [9.17, 15) is 5.11 Å². The lowest BCUT2D eigenvalue weighted by atomic mass is 10.2. The smallest absolute Gasteiger partial charge is 0.138 e. The van der Waals surface area contributed by atoms with Gasteiger partial charge < -0.3 is 5.11 Å². The molecule has 2 rings (SSSR count). The molecule has 134 valence electrons. The highest BCUT2D eigenvalue weighted by molar-refractivity contribution is 7.05. The normalized spacial score (nSPS) is 14.7. The molecule has 0 aliphatic heterocycles. The van der Waals surface area contributed by atoms with E-state index in [0.717, 1.165) is 0 Å². The summed E-state index contributed by atoms with van der Waals surface area (Å²) in [6, 6.07) is 21.5. The predicted octanol–water partition coefficient (Wildman–Crippen LogP) is 4.38. The zero-order valence-electron chi connectivity index (χ0n) is 16.5. The first-order valence-electron chi connectivity index (χ1n) is 9.07. The monoisotopic (exact) mass is 368 g/mol. The third-order valence-electron chi connectivity index (χ3n) is 6.03. The summed E-state index contributed by atoms with van der Waals surface area (Å²) in [6.45, 7) is 13.7. The molecule has 0 aliphatic rings. The second-order valence-electron chi connectivity index (χ2n) is 8.71. The zero-order chi connectivity index (χ0) is 18.7. The number of aliphatic hydroxyl groups excluding tert-OH is 1. The minimum atomic E-state index is -2.02. The molecule has 1 N–H and O–H groups in total. The molecule has 0 bridgehead atoms. The van der Waals surface area contributed by atoms with Crippen LogP contribution in [-0.2, 0) is 0 Å². The molecule has 0 radical (unpaired) electrons. The molecule has 25 heavy (non-hydrogen) atoms. The number of hydrogen-bond donors (Lipinski definition) is 1. The molecule has 0 fully saturated rings. The van der Waals surface area contributed by atoms with E-state index in [1.54, 1.807) is 0 Å². The summed E-state index contributed by atoms with van der Waals surface area (Å²) in [6.07, 6.45) is 2.10. The van der Waals surface area contributed by atoms with Gasteiger partial charge in [0.15, 0.2) is 0 Å². The molecule has 1 unspecified atom stereocenters. The quantitative estimate of drug-likeness (QED) is 0.776. The van der Waals surface area contributed by atoms with Gasteiger partial charge >= 0.3 is 0 Å². The van der Waals surface area contributed by atoms with Crippen LogP contribution in [0.5, 0.6) is 0 Å². The van der Waals surface area contributed by atoms with Crippen LogP contribution >= 0.6 is 0 Å². The van der Waals surface area contributed by atoms with E-state index in [2.05, 4.69) is 113 Å². The average Bonchev–Trinajstić information content (AvgIpc) is 2.59. The van der Waals surface area contributed by atoms with Crippen molar-refractivity contribution >= 4 is 26.5 Å². The molecule has 1 nitrogen and oxygen atoms in total. The summed E-state index contributed by atoms with van der Waals surface area (Å²) in [4.78, 5) is 0. The Morgan fingerprint density at radius 1 is 0.800 bits per heavy atom. The van der Waals surface area contributed by atoms with Crippen LogP contribution in [0.4, 0.5) is 0 Å². The van der Waals surface area contributed by atoms with E-state index in [-0.39, 0.29) is 10.8 Å². The van der Waals surface area contributed by atoms with Crippen LogP contribution in [-0.4, -0.2) is 27.0 Å². The number of aliphatic hydroxyl groups is 1. The van der Waals surface area contributed by atoms with Crippen molar-refractivity contribution in [2.75, 3.05) is 0 Å². The Hall–Kier alpha value is -1.43. The SMILES string of the molecule is CC(C)(C)[Si](C)(C)C(O)/C=C/[Si](C)(c1ccccc1)c1ccccc1. The maximum Gasteiger partial charge on any atom is 0.138 e. The van der Waals surface area contributed by atoms with Crippen LogP contribution < -0.4 is 10.4 Å². The standard InChI is InChI=1S/C22H32OSi2/c1-22(2,3)24(4,5)21(23)17-18-25(6,19-13-9-7-10-14-19)20-15-11-8-12-16-20/h7-18,21,23H,1-6H3/b18-17+. The topological polar surface area (TPSA) is 20.2 Å². The summed E-state index contributed by atoms with van der Waals surface area (Å²) in [7, 11) is -3.84. The molecule has 3 heteroatoms. The second kappa shape index (κ2) is 7.44. The molecule has 0 amide bonds. The minimum absolute atomic E-state index is 0.161. The summed E-state index contributed by atoms with van der Waals surface area (Å²) >= 11 is 0. The van der Waals surface area contributed by atoms with Gasteiger partial charge in [-0.3, -0.25) is 0 Å². The zero-order valence-corrected chi connectivity index (χ0v) is 18.5. The maximum atomic E-state index is 11.0. The predicted molar refractivity (Wildman–Crippen MR) is 116 cm³/mol. The van der Waals surface area contributed by atoms with Gasteiger partial charge in [0.1, 0.15) is 8.07 Å². The highest BCUT2D eigenvalue weighted by Gasteiger charge is 2.41. The fourth-order valence-corrected chi connectivity index (χ4v) is 7.61. The van der Waals surface area contributed by atoms with Crippen LogP contribution in [0.2, 0.25) is 24.7 Å². The van der Waals surface area contributed by atoms with Gasteiger partial charge in [-0.05, 0) is 5.04 Å². The molecule has 0 saturated carbocycles. The highest BCUT2D eigenvalue weighted by atomic mass is 28.3. The van der Waals surface area contributed by atoms with E-state index >= 15 is 0 Å². The van der Waals surface area contributed by atoms with Gasteiger partial charge in [0, 0.05) is 0 Å². The van der Waals surface area contributed by atoms with Gasteiger partial charge in [-0.15, -0.1) is 0 Å². The molecule has 2 aromatic carbocycles. The summed E-state index contributed by atoms with van der Waals surface area (Å²) < 4.78 is 0. The van der Waals surface area contributed by atoms with Gasteiger partial charge in [0.05, 0.1) is 13.8 Å². The third kappa shape index (κ3) is 4.22. The van der Waals surface area contributed by atoms with Crippen molar-refractivity contribution in [1.82, 2.24) is 0 Å². The molecule has 0 aliphatic carbocycles. The van der Waals surface area contributed by atoms with Crippen molar-refractivity contribution < 1.29 is 5.11 Å². The van der Waals surface area contributed by atoms with E-state index in [4.69, 9.17) is 0 Å². The molecule has 0 saturated heterocycles. The third-order valence-corrected chi connectivity index (χ3v) is 15.5. The number of hydrogen-bond acceptors (Lipinski definition) is 1. The van der Waals surface area contributed by atoms with Gasteiger partial charge in [0.25, 0.3) is 0 Å². The van der Waals surface area contributed by atoms with Crippen LogP contribution in [0, 0.1) is 0 Å². The first-order valence-corrected chi connectivity index (χ1v) is 14.7. The van der Waals surface area contributed by atoms with E-state index in [1.165, 1.54) is 10.4 Å². The Morgan fingerprint density at radius 2 is 1.20 bits per heavy atom. The van der Waals surface area contributed by atoms with Crippen molar-refractivity contribution in [3.8, 4) is 0 Å². The molecule has 1 atom stereocenters. The van der Waals surface area contributed by atoms with Crippen LogP contribution in [0.3, 0.4) is 0 Å². The van der Waals surface area contributed by atoms with Crippen molar-refractivity contribution in [3.05, 3.63) is 72.4 Å². The molecule has 2 aromatic rings. The maximum absolute atomic E-state index is 11.0. The Labute approximate surface area is 155 Å². The Morgan fingerprint density at radius 3 is 1.56 bits per heavy atom. The molecule has 0 spiro atoms. The Kier molecular flexibility index (Phi) is 5.92. The summed E-state index contributed by atoms with van der Waals surface area (Å²) in [5, 5.41) is 13.9. The molecular formula is C22H32OSi2. The fraction of sp³-hybridized carbons (Fsp3) is 0.364. The largest absolute Gasteiger partial charge is 0.393 e. The van der Waals surface area contributed by atoms with Crippen LogP contribution in [0.25, 0.3) is 0 Å². The first-order chi connectivity index (χ1) is 11.6. The Balaban J connectivity index is 2.45. The van der Waals surface area contributed by atoms with Gasteiger partial charge in [-0.1, -0.05) is 123 Å². The lowest BCUT2D eigenvalue weighted by molar-refractivity contribution is 0.284. The summed E-state index contributed by atoms with van der Waals surface area (Å²) in [5.41, 5.74) is 2.00. The highest BCUT2D eigenvalue weighted by Crippen LogP contribution is 2.38. The van der Waals surface area contributed by atoms with E-state index in [0.29, 0.717) is 0 Å². The lowest BCUT2D eigenvalue weighted by Crippen LogP contribution is -2.55. The number of rotatable bonds is 5. The summed E-state index contributed by atoms with van der Waals surface area (Å²) in [5.74, 6) is 0. The van der Waals surface area contributed by atoms with Crippen LogP contribution in [0.15, 0.2) is 72.4 Å². The number of benzene rings is 2. The van der Waals surface area contributed by atoms with Crippen molar-refractivity contribution in [2.24, 2.45) is 0 Å². The minimum Gasteiger partial charge on any atom is -0.393 e. The van der Waals surface area contributed by atoms with Crippen molar-refractivity contribution in [3.63, 3.8) is 0 Å². The van der Waals surface area contributed by atoms with Crippen molar-refractivity contribution in [2.45, 2.75) is 51.2 Å². The van der Waals surface area contributed by atoms with Gasteiger partial charge in [-0.25, -0.2) is 0 Å². The van der Waals surface area contributed by atoms with Crippen molar-refractivity contribution in [1.29, 1.82) is 0 Å². The average molecular weight is 369 g/mol. The van der Waals surface area contributed by atoms with E-state index in [1.807, 2.05) is 0 Å².